The first kappa shape index (κ1) is 12.3. The topological polar surface area (TPSA) is 15.3 Å². The number of rotatable bonds is 1. The van der Waals surface area contributed by atoms with E-state index < -0.39 is 0 Å². The fraction of sp³-hybridized carbons (Fsp3) is 0.158. The number of anilines is 2. The fourth-order valence-electron chi connectivity index (χ4n) is 3.13. The monoisotopic (exact) mass is 274 g/mol. The largest absolute Gasteiger partial charge is 0.361 e. The second-order valence-electron chi connectivity index (χ2n) is 5.49. The van der Waals surface area contributed by atoms with Crippen molar-refractivity contribution in [1.29, 1.82) is 0 Å². The molecule has 0 aromatic heterocycles. The molecule has 2 aliphatic rings. The van der Waals surface area contributed by atoms with Gasteiger partial charge in [0.25, 0.3) is 0 Å². The zero-order chi connectivity index (χ0) is 14.1. The third-order valence-electron chi connectivity index (χ3n) is 4.14. The molecule has 2 aromatic rings. The van der Waals surface area contributed by atoms with E-state index in [0.29, 0.717) is 0 Å². The lowest BCUT2D eigenvalue weighted by molar-refractivity contribution is 0.787. The van der Waals surface area contributed by atoms with Crippen LogP contribution >= 0.6 is 0 Å². The maximum Gasteiger partial charge on any atom is 0.0506 e. The lowest BCUT2D eigenvalue weighted by Crippen LogP contribution is -2.20. The van der Waals surface area contributed by atoms with Crippen molar-refractivity contribution in [3.8, 4) is 11.1 Å². The van der Waals surface area contributed by atoms with Crippen molar-refractivity contribution in [2.24, 2.45) is 0 Å². The first-order chi connectivity index (χ1) is 10.4. The van der Waals surface area contributed by atoms with Gasteiger partial charge in [-0.2, -0.15) is 0 Å². The molecular weight excluding hydrogens is 256 g/mol. The van der Waals surface area contributed by atoms with Gasteiger partial charge in [-0.3, -0.25) is 0 Å². The molecule has 0 aliphatic carbocycles. The van der Waals surface area contributed by atoms with Gasteiger partial charge in [0.15, 0.2) is 0 Å². The van der Waals surface area contributed by atoms with E-state index in [9.17, 15) is 0 Å². The van der Waals surface area contributed by atoms with Crippen molar-refractivity contribution in [2.45, 2.75) is 12.8 Å². The molecule has 0 spiro atoms. The van der Waals surface area contributed by atoms with Crippen LogP contribution in [0.15, 0.2) is 60.9 Å². The molecule has 2 heteroatoms. The van der Waals surface area contributed by atoms with Gasteiger partial charge in [0.05, 0.1) is 5.69 Å². The summed E-state index contributed by atoms with van der Waals surface area (Å²) in [7, 11) is 0. The third-order valence-corrected chi connectivity index (χ3v) is 4.14. The lowest BCUT2D eigenvalue weighted by atomic mass is 9.96. The van der Waals surface area contributed by atoms with E-state index in [1.165, 1.54) is 40.9 Å². The minimum atomic E-state index is 1.09. The van der Waals surface area contributed by atoms with E-state index in [2.05, 4.69) is 71.0 Å². The van der Waals surface area contributed by atoms with Crippen LogP contribution in [0, 0.1) is 0 Å². The van der Waals surface area contributed by atoms with Crippen LogP contribution in [0.1, 0.15) is 18.4 Å². The number of nitrogens with zero attached hydrogens (tertiary/aromatic N) is 1. The van der Waals surface area contributed by atoms with Crippen LogP contribution in [0.2, 0.25) is 0 Å². The molecule has 0 radical (unpaired) electrons. The van der Waals surface area contributed by atoms with Crippen molar-refractivity contribution in [3.63, 3.8) is 0 Å². The molecule has 2 aromatic carbocycles. The number of hydrogen-bond donors (Lipinski definition) is 1. The summed E-state index contributed by atoms with van der Waals surface area (Å²) >= 11 is 0. The maximum atomic E-state index is 3.42. The SMILES string of the molecule is C1=CN(c2cccc3c2-c2ccccc2C=CN3)CCC1. The normalized spacial score (nSPS) is 15.9. The zero-order valence-electron chi connectivity index (χ0n) is 11.9. The quantitative estimate of drug-likeness (QED) is 0.798. The molecule has 1 N–H and O–H groups in total. The van der Waals surface area contributed by atoms with Crippen LogP contribution in [0.5, 0.6) is 0 Å². The van der Waals surface area contributed by atoms with Gasteiger partial charge < -0.3 is 10.2 Å². The van der Waals surface area contributed by atoms with E-state index in [-0.39, 0.29) is 0 Å². The van der Waals surface area contributed by atoms with Gasteiger partial charge in [0.2, 0.25) is 0 Å². The minimum Gasteiger partial charge on any atom is -0.361 e. The summed E-state index contributed by atoms with van der Waals surface area (Å²) < 4.78 is 0. The molecule has 21 heavy (non-hydrogen) atoms. The highest BCUT2D eigenvalue weighted by atomic mass is 15.1. The predicted octanol–water partition coefficient (Wildman–Crippen LogP) is 4.86. The molecular formula is C19H18N2. The molecule has 2 aliphatic heterocycles. The van der Waals surface area contributed by atoms with E-state index in [1.807, 2.05) is 6.20 Å². The highest BCUT2D eigenvalue weighted by Gasteiger charge is 2.18. The highest BCUT2D eigenvalue weighted by molar-refractivity contribution is 5.95. The van der Waals surface area contributed by atoms with Crippen molar-refractivity contribution in [3.05, 3.63) is 66.5 Å². The lowest BCUT2D eigenvalue weighted by Gasteiger charge is -2.27. The van der Waals surface area contributed by atoms with Gasteiger partial charge >= 0.3 is 0 Å². The Morgan fingerprint density at radius 1 is 1.00 bits per heavy atom. The molecule has 0 amide bonds. The number of fused-ring (bicyclic) bond motifs is 3. The molecule has 2 heterocycles. The Morgan fingerprint density at radius 2 is 1.95 bits per heavy atom. The molecule has 0 saturated heterocycles. The molecule has 0 fully saturated rings. The van der Waals surface area contributed by atoms with Gasteiger partial charge in [-0.1, -0.05) is 36.4 Å². The molecule has 4 rings (SSSR count). The summed E-state index contributed by atoms with van der Waals surface area (Å²) in [6.45, 7) is 1.09. The Kier molecular flexibility index (Phi) is 3.00. The summed E-state index contributed by atoms with van der Waals surface area (Å²) in [6, 6.07) is 15.1. The van der Waals surface area contributed by atoms with Gasteiger partial charge in [-0.05, 0) is 42.2 Å². The van der Waals surface area contributed by atoms with Gasteiger partial charge in [0, 0.05) is 30.2 Å². The average molecular weight is 274 g/mol. The highest BCUT2D eigenvalue weighted by Crippen LogP contribution is 2.41. The number of hydrogen-bond acceptors (Lipinski definition) is 2. The minimum absolute atomic E-state index is 1.09. The van der Waals surface area contributed by atoms with Crippen LogP contribution < -0.4 is 10.2 Å². The first-order valence-corrected chi connectivity index (χ1v) is 7.52. The molecule has 2 nitrogen and oxygen atoms in total. The van der Waals surface area contributed by atoms with Crippen LogP contribution in [-0.2, 0) is 0 Å². The Labute approximate surface area is 125 Å². The van der Waals surface area contributed by atoms with E-state index in [0.717, 1.165) is 6.54 Å². The van der Waals surface area contributed by atoms with Crippen molar-refractivity contribution in [1.82, 2.24) is 0 Å². The fourth-order valence-corrected chi connectivity index (χ4v) is 3.13. The maximum absolute atomic E-state index is 3.42. The number of benzene rings is 2. The molecule has 104 valence electrons. The molecule has 0 unspecified atom stereocenters. The number of nitrogens with one attached hydrogen (secondary N) is 1. The smallest absolute Gasteiger partial charge is 0.0506 e. The van der Waals surface area contributed by atoms with Gasteiger partial charge in [-0.15, -0.1) is 0 Å². The summed E-state index contributed by atoms with van der Waals surface area (Å²) in [5.74, 6) is 0. The van der Waals surface area contributed by atoms with E-state index in [1.54, 1.807) is 0 Å². The number of allylic oxidation sites excluding steroid dienone is 1. The van der Waals surface area contributed by atoms with Crippen molar-refractivity contribution in [2.75, 3.05) is 16.8 Å². The first-order valence-electron chi connectivity index (χ1n) is 7.52. The summed E-state index contributed by atoms with van der Waals surface area (Å²) in [6.07, 6.45) is 11.1. The van der Waals surface area contributed by atoms with E-state index >= 15 is 0 Å². The summed E-state index contributed by atoms with van der Waals surface area (Å²) in [5, 5.41) is 3.42. The Hall–Kier alpha value is -2.48. The average Bonchev–Trinajstić information content (AvgIpc) is 2.75. The molecule has 0 saturated carbocycles. The summed E-state index contributed by atoms with van der Waals surface area (Å²) in [5.41, 5.74) is 6.31. The van der Waals surface area contributed by atoms with Crippen molar-refractivity contribution < 1.29 is 0 Å². The Balaban J connectivity index is 1.95. The Morgan fingerprint density at radius 3 is 2.86 bits per heavy atom. The molecule has 0 atom stereocenters. The molecule has 0 bridgehead atoms. The Bertz CT molecular complexity index is 728. The van der Waals surface area contributed by atoms with Crippen LogP contribution in [0.25, 0.3) is 17.2 Å². The second kappa shape index (κ2) is 5.13. The van der Waals surface area contributed by atoms with Gasteiger partial charge in [0.1, 0.15) is 0 Å². The van der Waals surface area contributed by atoms with Crippen LogP contribution in [0.3, 0.4) is 0 Å². The predicted molar refractivity (Wildman–Crippen MR) is 90.3 cm³/mol. The van der Waals surface area contributed by atoms with Crippen LogP contribution in [-0.4, -0.2) is 6.54 Å². The standard InChI is InChI=1S/C19H18N2/c1-4-13-21(14-5-1)18-10-6-9-17-19(18)16-8-3-2-7-15(16)11-12-20-17/h2-4,6-13,20H,1,5,14H2. The van der Waals surface area contributed by atoms with Crippen molar-refractivity contribution >= 4 is 17.5 Å². The third kappa shape index (κ3) is 2.13. The zero-order valence-corrected chi connectivity index (χ0v) is 11.9. The van der Waals surface area contributed by atoms with Crippen LogP contribution in [0.4, 0.5) is 11.4 Å². The second-order valence-corrected chi connectivity index (χ2v) is 5.49. The van der Waals surface area contributed by atoms with E-state index in [4.69, 9.17) is 0 Å². The summed E-state index contributed by atoms with van der Waals surface area (Å²) in [4.78, 5) is 2.37. The van der Waals surface area contributed by atoms with Gasteiger partial charge in [-0.25, -0.2) is 0 Å².